The van der Waals surface area contributed by atoms with Crippen molar-refractivity contribution in [3.63, 3.8) is 0 Å². The van der Waals surface area contributed by atoms with Gasteiger partial charge in [0, 0.05) is 5.92 Å². The normalized spacial score (nSPS) is 42.5. The minimum atomic E-state index is -0.630. The number of rotatable bonds is 1. The molecule has 1 saturated heterocycles. The Balaban J connectivity index is 2.70. The molecule has 1 rings (SSSR count). The van der Waals surface area contributed by atoms with Crippen LogP contribution < -0.4 is 0 Å². The molecule has 0 aromatic heterocycles. The van der Waals surface area contributed by atoms with E-state index in [1.54, 1.807) is 6.92 Å². The molecule has 0 aromatic carbocycles. The lowest BCUT2D eigenvalue weighted by Crippen LogP contribution is -2.47. The number of carbonyl (C=O) groups excluding carboxylic acids is 1. The van der Waals surface area contributed by atoms with Gasteiger partial charge in [0.15, 0.2) is 0 Å². The Bertz CT molecular complexity index is 181. The van der Waals surface area contributed by atoms with E-state index in [9.17, 15) is 9.90 Å². The summed E-state index contributed by atoms with van der Waals surface area (Å²) in [5, 5.41) is 9.56. The van der Waals surface area contributed by atoms with Gasteiger partial charge in [0.25, 0.3) is 0 Å². The summed E-state index contributed by atoms with van der Waals surface area (Å²) < 4.78 is 5.00. The first kappa shape index (κ1) is 9.81. The number of ether oxygens (including phenoxy) is 1. The molecule has 4 heteroatoms. The molecule has 0 aliphatic carbocycles. The van der Waals surface area contributed by atoms with Gasteiger partial charge in [-0.15, -0.1) is 11.6 Å². The molecule has 1 fully saturated rings. The molecule has 0 bridgehead atoms. The van der Waals surface area contributed by atoms with E-state index in [4.69, 9.17) is 16.3 Å². The van der Waals surface area contributed by atoms with Gasteiger partial charge in [-0.3, -0.25) is 4.79 Å². The van der Waals surface area contributed by atoms with E-state index < -0.39 is 12.0 Å². The molecule has 4 atom stereocenters. The lowest BCUT2D eigenvalue weighted by atomic mass is 9.87. The molecule has 1 N–H and O–H groups in total. The van der Waals surface area contributed by atoms with Crippen molar-refractivity contribution in [2.24, 2.45) is 11.8 Å². The van der Waals surface area contributed by atoms with Gasteiger partial charge in [-0.1, -0.05) is 6.92 Å². The number of esters is 1. The van der Waals surface area contributed by atoms with E-state index >= 15 is 0 Å². The summed E-state index contributed by atoms with van der Waals surface area (Å²) in [6.45, 7) is 3.49. The van der Waals surface area contributed by atoms with Gasteiger partial charge < -0.3 is 9.84 Å². The van der Waals surface area contributed by atoms with Crippen molar-refractivity contribution >= 4 is 17.6 Å². The highest BCUT2D eigenvalue weighted by Gasteiger charge is 2.39. The SMILES string of the molecule is C[C@@H]1[C@H](O)[C@@H](C)C(=O)O[C@@H]1CCl. The van der Waals surface area contributed by atoms with Crippen LogP contribution in [0.5, 0.6) is 0 Å². The van der Waals surface area contributed by atoms with Crippen molar-refractivity contribution in [3.8, 4) is 0 Å². The van der Waals surface area contributed by atoms with Crippen LogP contribution in [-0.4, -0.2) is 29.2 Å². The summed E-state index contributed by atoms with van der Waals surface area (Å²) in [5.74, 6) is -0.614. The van der Waals surface area contributed by atoms with Gasteiger partial charge in [-0.2, -0.15) is 0 Å². The number of cyclic esters (lactones) is 1. The van der Waals surface area contributed by atoms with E-state index in [1.807, 2.05) is 6.92 Å². The number of carbonyl (C=O) groups is 1. The van der Waals surface area contributed by atoms with Gasteiger partial charge in [0.2, 0.25) is 0 Å². The molecule has 0 spiro atoms. The molecule has 0 unspecified atom stereocenters. The van der Waals surface area contributed by atoms with E-state index in [2.05, 4.69) is 0 Å². The van der Waals surface area contributed by atoms with Crippen LogP contribution in [0.4, 0.5) is 0 Å². The highest BCUT2D eigenvalue weighted by molar-refractivity contribution is 6.18. The molecule has 0 radical (unpaired) electrons. The third-order valence-electron chi connectivity index (χ3n) is 2.43. The average Bonchev–Trinajstić information content (AvgIpc) is 2.08. The van der Waals surface area contributed by atoms with Crippen LogP contribution in [0.25, 0.3) is 0 Å². The number of aliphatic hydroxyl groups excluding tert-OH is 1. The summed E-state index contributed by atoms with van der Waals surface area (Å²) in [5.41, 5.74) is 0. The van der Waals surface area contributed by atoms with Crippen LogP contribution >= 0.6 is 11.6 Å². The van der Waals surface area contributed by atoms with Crippen molar-refractivity contribution in [3.05, 3.63) is 0 Å². The Morgan fingerprint density at radius 2 is 2.17 bits per heavy atom. The fourth-order valence-electron chi connectivity index (χ4n) is 1.35. The van der Waals surface area contributed by atoms with Crippen LogP contribution in [-0.2, 0) is 9.53 Å². The zero-order valence-electron chi connectivity index (χ0n) is 7.16. The maximum absolute atomic E-state index is 11.1. The second-order valence-electron chi connectivity index (χ2n) is 3.27. The summed E-state index contributed by atoms with van der Waals surface area (Å²) >= 11 is 5.57. The largest absolute Gasteiger partial charge is 0.460 e. The van der Waals surface area contributed by atoms with E-state index in [0.717, 1.165) is 0 Å². The van der Waals surface area contributed by atoms with Gasteiger partial charge in [0.1, 0.15) is 6.10 Å². The van der Waals surface area contributed by atoms with Crippen LogP contribution in [0.1, 0.15) is 13.8 Å². The fraction of sp³-hybridized carbons (Fsp3) is 0.875. The highest BCUT2D eigenvalue weighted by atomic mass is 35.5. The number of aliphatic hydroxyl groups is 1. The van der Waals surface area contributed by atoms with E-state index in [0.29, 0.717) is 0 Å². The van der Waals surface area contributed by atoms with Crippen molar-refractivity contribution in [1.29, 1.82) is 0 Å². The van der Waals surface area contributed by atoms with Gasteiger partial charge in [-0.05, 0) is 6.92 Å². The Morgan fingerprint density at radius 3 is 2.67 bits per heavy atom. The molecule has 1 aliphatic rings. The van der Waals surface area contributed by atoms with E-state index in [1.165, 1.54) is 0 Å². The van der Waals surface area contributed by atoms with Crippen LogP contribution in [0.3, 0.4) is 0 Å². The minimum absolute atomic E-state index is 0.0739. The van der Waals surface area contributed by atoms with E-state index in [-0.39, 0.29) is 23.9 Å². The molecule has 0 aromatic rings. The van der Waals surface area contributed by atoms with Crippen LogP contribution in [0, 0.1) is 11.8 Å². The number of hydrogen-bond donors (Lipinski definition) is 1. The molecule has 70 valence electrons. The van der Waals surface area contributed by atoms with Gasteiger partial charge in [0.05, 0.1) is 17.9 Å². The molecular weight excluding hydrogens is 180 g/mol. The second-order valence-corrected chi connectivity index (χ2v) is 3.58. The smallest absolute Gasteiger partial charge is 0.311 e. The topological polar surface area (TPSA) is 46.5 Å². The molecule has 0 amide bonds. The summed E-state index contributed by atoms with van der Waals surface area (Å²) in [7, 11) is 0. The monoisotopic (exact) mass is 192 g/mol. The third-order valence-corrected chi connectivity index (χ3v) is 2.73. The second kappa shape index (κ2) is 3.62. The molecule has 1 heterocycles. The molecule has 12 heavy (non-hydrogen) atoms. The Morgan fingerprint density at radius 1 is 1.58 bits per heavy atom. The maximum Gasteiger partial charge on any atom is 0.311 e. The van der Waals surface area contributed by atoms with Crippen molar-refractivity contribution in [2.45, 2.75) is 26.1 Å². The molecule has 0 saturated carbocycles. The summed E-state index contributed by atoms with van der Waals surface area (Å²) in [6.07, 6.45) is -0.972. The molecule has 1 aliphatic heterocycles. The lowest BCUT2D eigenvalue weighted by molar-refractivity contribution is -0.174. The average molecular weight is 193 g/mol. The Labute approximate surface area is 76.7 Å². The maximum atomic E-state index is 11.1. The number of alkyl halides is 1. The first-order chi connectivity index (χ1) is 5.57. The third kappa shape index (κ3) is 1.57. The fourth-order valence-corrected chi connectivity index (χ4v) is 1.69. The predicted octanol–water partition coefficient (Wildman–Crippen LogP) is 0.784. The Kier molecular flexibility index (Phi) is 2.96. The standard InChI is InChI=1S/C8H13ClO3/c1-4-6(3-9)12-8(11)5(2)7(4)10/h4-7,10H,3H2,1-2H3/t4-,5+,6+,7-/m0/s1. The number of hydrogen-bond acceptors (Lipinski definition) is 3. The first-order valence-corrected chi connectivity index (χ1v) is 4.56. The number of halogens is 1. The quantitative estimate of drug-likeness (QED) is 0.494. The van der Waals surface area contributed by atoms with Gasteiger partial charge >= 0.3 is 5.97 Å². The molecule has 3 nitrogen and oxygen atoms in total. The minimum Gasteiger partial charge on any atom is -0.460 e. The molecular formula is C8H13ClO3. The Hall–Kier alpha value is -0.280. The zero-order chi connectivity index (χ0) is 9.30. The van der Waals surface area contributed by atoms with Crippen LogP contribution in [0.15, 0.2) is 0 Å². The lowest BCUT2D eigenvalue weighted by Gasteiger charge is -2.35. The van der Waals surface area contributed by atoms with Crippen molar-refractivity contribution in [1.82, 2.24) is 0 Å². The highest BCUT2D eigenvalue weighted by Crippen LogP contribution is 2.26. The zero-order valence-corrected chi connectivity index (χ0v) is 7.91. The first-order valence-electron chi connectivity index (χ1n) is 4.02. The summed E-state index contributed by atoms with van der Waals surface area (Å²) in [6, 6.07) is 0. The van der Waals surface area contributed by atoms with Crippen molar-refractivity contribution in [2.75, 3.05) is 5.88 Å². The van der Waals surface area contributed by atoms with Crippen LogP contribution in [0.2, 0.25) is 0 Å². The summed E-state index contributed by atoms with van der Waals surface area (Å²) in [4.78, 5) is 11.1. The predicted molar refractivity (Wildman–Crippen MR) is 44.9 cm³/mol. The van der Waals surface area contributed by atoms with Gasteiger partial charge in [-0.25, -0.2) is 0 Å². The van der Waals surface area contributed by atoms with Crippen molar-refractivity contribution < 1.29 is 14.6 Å².